The lowest BCUT2D eigenvalue weighted by atomic mass is 10.1. The molecule has 0 radical (unpaired) electrons. The number of carbonyl (C=O) groups excluding carboxylic acids is 1. The number of carbonyl (C=O) groups is 1. The minimum atomic E-state index is -0.189. The fourth-order valence-electron chi connectivity index (χ4n) is 2.91. The van der Waals surface area contributed by atoms with E-state index in [4.69, 9.17) is 4.74 Å². The highest BCUT2D eigenvalue weighted by Crippen LogP contribution is 2.29. The fraction of sp³-hybridized carbons (Fsp3) is 0.174. The third kappa shape index (κ3) is 5.49. The topological polar surface area (TPSA) is 89.9 Å². The standard InChI is InChI=1S/C23H21N5O2S/c1-15-3-4-21(28-12-15)18-9-19(11-20(10-18)30-23-25-7-8-31-23)22(29)24-6-5-17-13-26-16(2)27-14-17/h3-4,7-14H,5-6H2,1-2H3,(H,24,29). The molecule has 3 heterocycles. The van der Waals surface area contributed by atoms with E-state index in [9.17, 15) is 4.79 Å². The van der Waals surface area contributed by atoms with Crippen LogP contribution in [-0.2, 0) is 6.42 Å². The molecule has 7 nitrogen and oxygen atoms in total. The van der Waals surface area contributed by atoms with Crippen LogP contribution in [0.1, 0.15) is 27.3 Å². The van der Waals surface area contributed by atoms with E-state index >= 15 is 0 Å². The van der Waals surface area contributed by atoms with E-state index in [0.29, 0.717) is 29.5 Å². The molecule has 0 fully saturated rings. The number of nitrogens with zero attached hydrogens (tertiary/aromatic N) is 4. The molecule has 0 unspecified atom stereocenters. The maximum atomic E-state index is 12.8. The number of rotatable bonds is 7. The molecule has 0 aliphatic rings. The van der Waals surface area contributed by atoms with Gasteiger partial charge in [-0.1, -0.05) is 17.4 Å². The van der Waals surface area contributed by atoms with Crippen LogP contribution < -0.4 is 10.1 Å². The Kier molecular flexibility index (Phi) is 6.28. The van der Waals surface area contributed by atoms with Crippen LogP contribution in [0.3, 0.4) is 0 Å². The molecule has 0 aliphatic carbocycles. The van der Waals surface area contributed by atoms with Crippen LogP contribution in [0.2, 0.25) is 0 Å². The number of pyridine rings is 1. The minimum absolute atomic E-state index is 0.189. The molecular formula is C23H21N5O2S. The highest BCUT2D eigenvalue weighted by atomic mass is 32.1. The number of ether oxygens (including phenoxy) is 1. The number of nitrogens with one attached hydrogen (secondary N) is 1. The Morgan fingerprint density at radius 3 is 2.58 bits per heavy atom. The molecule has 156 valence electrons. The first-order chi connectivity index (χ1) is 15.1. The van der Waals surface area contributed by atoms with Crippen molar-refractivity contribution >= 4 is 17.2 Å². The van der Waals surface area contributed by atoms with Crippen molar-refractivity contribution in [3.63, 3.8) is 0 Å². The highest BCUT2D eigenvalue weighted by molar-refractivity contribution is 7.11. The second-order valence-corrected chi connectivity index (χ2v) is 7.87. The quantitative estimate of drug-likeness (QED) is 0.467. The molecule has 1 aromatic carbocycles. The molecule has 0 bridgehead atoms. The minimum Gasteiger partial charge on any atom is -0.431 e. The molecule has 0 atom stereocenters. The van der Waals surface area contributed by atoms with Gasteiger partial charge in [0.25, 0.3) is 11.1 Å². The summed E-state index contributed by atoms with van der Waals surface area (Å²) in [5.41, 5.74) is 4.09. The van der Waals surface area contributed by atoms with E-state index in [1.165, 1.54) is 11.3 Å². The summed E-state index contributed by atoms with van der Waals surface area (Å²) in [6.07, 6.45) is 7.67. The predicted octanol–water partition coefficient (Wildman–Crippen LogP) is 4.38. The molecule has 1 N–H and O–H groups in total. The molecule has 1 amide bonds. The van der Waals surface area contributed by atoms with Crippen molar-refractivity contribution in [2.24, 2.45) is 0 Å². The average Bonchev–Trinajstić information content (AvgIpc) is 3.28. The molecule has 0 saturated carbocycles. The van der Waals surface area contributed by atoms with Crippen molar-refractivity contribution in [2.75, 3.05) is 6.54 Å². The molecule has 0 saturated heterocycles. The van der Waals surface area contributed by atoms with Gasteiger partial charge in [0.1, 0.15) is 11.6 Å². The summed E-state index contributed by atoms with van der Waals surface area (Å²) in [7, 11) is 0. The van der Waals surface area contributed by atoms with Gasteiger partial charge in [-0.25, -0.2) is 15.0 Å². The SMILES string of the molecule is Cc1ccc(-c2cc(Oc3nccs3)cc(C(=O)NCCc3cnc(C)nc3)c2)nc1. The van der Waals surface area contributed by atoms with Crippen LogP contribution >= 0.6 is 11.3 Å². The zero-order valence-corrected chi connectivity index (χ0v) is 18.0. The monoisotopic (exact) mass is 431 g/mol. The van der Waals surface area contributed by atoms with Gasteiger partial charge in [0.15, 0.2) is 0 Å². The lowest BCUT2D eigenvalue weighted by Gasteiger charge is -2.10. The maximum Gasteiger partial charge on any atom is 0.278 e. The largest absolute Gasteiger partial charge is 0.431 e. The van der Waals surface area contributed by atoms with E-state index in [1.807, 2.05) is 43.5 Å². The van der Waals surface area contributed by atoms with Gasteiger partial charge in [-0.3, -0.25) is 9.78 Å². The van der Waals surface area contributed by atoms with Crippen molar-refractivity contribution in [3.8, 4) is 22.2 Å². The Morgan fingerprint density at radius 2 is 1.87 bits per heavy atom. The van der Waals surface area contributed by atoms with E-state index in [0.717, 1.165) is 28.2 Å². The highest BCUT2D eigenvalue weighted by Gasteiger charge is 2.13. The summed E-state index contributed by atoms with van der Waals surface area (Å²) >= 11 is 1.39. The van der Waals surface area contributed by atoms with E-state index in [1.54, 1.807) is 30.9 Å². The third-order valence-electron chi connectivity index (χ3n) is 4.52. The Labute approximate surface area is 184 Å². The van der Waals surface area contributed by atoms with Crippen molar-refractivity contribution in [2.45, 2.75) is 20.3 Å². The average molecular weight is 432 g/mol. The van der Waals surface area contributed by atoms with Gasteiger partial charge in [-0.2, -0.15) is 0 Å². The van der Waals surface area contributed by atoms with Gasteiger partial charge in [-0.05, 0) is 55.7 Å². The number of aryl methyl sites for hydroxylation is 2. The molecule has 4 rings (SSSR count). The number of hydrogen-bond donors (Lipinski definition) is 1. The molecule has 8 heteroatoms. The molecule has 0 aliphatic heterocycles. The zero-order chi connectivity index (χ0) is 21.6. The van der Waals surface area contributed by atoms with Crippen molar-refractivity contribution < 1.29 is 9.53 Å². The number of benzene rings is 1. The Bertz CT molecular complexity index is 1160. The van der Waals surface area contributed by atoms with Crippen LogP contribution in [0.15, 0.2) is 60.5 Å². The third-order valence-corrected chi connectivity index (χ3v) is 5.17. The van der Waals surface area contributed by atoms with Gasteiger partial charge < -0.3 is 10.1 Å². The summed E-state index contributed by atoms with van der Waals surface area (Å²) in [4.78, 5) is 29.9. The fourth-order valence-corrected chi connectivity index (χ4v) is 3.41. The molecule has 31 heavy (non-hydrogen) atoms. The Hall–Kier alpha value is -3.65. The lowest BCUT2D eigenvalue weighted by molar-refractivity contribution is 0.0954. The molecule has 0 spiro atoms. The van der Waals surface area contributed by atoms with Crippen molar-refractivity contribution in [3.05, 3.63) is 83.0 Å². The summed E-state index contributed by atoms with van der Waals surface area (Å²) in [5, 5.41) is 5.30. The number of amides is 1. The van der Waals surface area contributed by atoms with Gasteiger partial charge in [0.05, 0.1) is 5.69 Å². The number of thiazole rings is 1. The van der Waals surface area contributed by atoms with Gasteiger partial charge >= 0.3 is 0 Å². The molecule has 3 aromatic heterocycles. The van der Waals surface area contributed by atoms with Crippen LogP contribution in [0.4, 0.5) is 0 Å². The van der Waals surface area contributed by atoms with Crippen LogP contribution in [0, 0.1) is 13.8 Å². The van der Waals surface area contributed by atoms with Crippen LogP contribution in [0.25, 0.3) is 11.3 Å². The van der Waals surface area contributed by atoms with E-state index < -0.39 is 0 Å². The zero-order valence-electron chi connectivity index (χ0n) is 17.2. The second kappa shape index (κ2) is 9.44. The molecule has 4 aromatic rings. The normalized spacial score (nSPS) is 10.6. The van der Waals surface area contributed by atoms with Crippen LogP contribution in [0.5, 0.6) is 10.9 Å². The van der Waals surface area contributed by atoms with Gasteiger partial charge in [-0.15, -0.1) is 0 Å². The smallest absolute Gasteiger partial charge is 0.278 e. The summed E-state index contributed by atoms with van der Waals surface area (Å²) in [5.74, 6) is 1.07. The number of aromatic nitrogens is 4. The van der Waals surface area contributed by atoms with E-state index in [2.05, 4.69) is 25.3 Å². The van der Waals surface area contributed by atoms with Gasteiger partial charge in [0, 0.05) is 47.8 Å². The van der Waals surface area contributed by atoms with Crippen LogP contribution in [-0.4, -0.2) is 32.4 Å². The Balaban J connectivity index is 1.54. The van der Waals surface area contributed by atoms with Crippen molar-refractivity contribution in [1.82, 2.24) is 25.3 Å². The summed E-state index contributed by atoms with van der Waals surface area (Å²) in [6.45, 7) is 4.30. The van der Waals surface area contributed by atoms with Crippen molar-refractivity contribution in [1.29, 1.82) is 0 Å². The lowest BCUT2D eigenvalue weighted by Crippen LogP contribution is -2.25. The van der Waals surface area contributed by atoms with Gasteiger partial charge in [0.2, 0.25) is 0 Å². The molecular weight excluding hydrogens is 410 g/mol. The number of hydrogen-bond acceptors (Lipinski definition) is 7. The first kappa shape index (κ1) is 20.6. The maximum absolute atomic E-state index is 12.8. The predicted molar refractivity (Wildman–Crippen MR) is 119 cm³/mol. The summed E-state index contributed by atoms with van der Waals surface area (Å²) in [6, 6.07) is 9.30. The van der Waals surface area contributed by atoms with E-state index in [-0.39, 0.29) is 5.91 Å². The first-order valence-electron chi connectivity index (χ1n) is 9.78. The second-order valence-electron chi connectivity index (χ2n) is 7.01. The Morgan fingerprint density at radius 1 is 1.03 bits per heavy atom. The first-order valence-corrected chi connectivity index (χ1v) is 10.7. The summed E-state index contributed by atoms with van der Waals surface area (Å²) < 4.78 is 5.86.